The summed E-state index contributed by atoms with van der Waals surface area (Å²) in [6, 6.07) is 15.7. The van der Waals surface area contributed by atoms with Crippen molar-refractivity contribution in [1.29, 1.82) is 0 Å². The Morgan fingerprint density at radius 3 is 2.55 bits per heavy atom. The minimum atomic E-state index is -3.49. The molecule has 162 valence electrons. The largest absolute Gasteiger partial charge is 0.345 e. The molecule has 1 aliphatic heterocycles. The highest BCUT2D eigenvalue weighted by atomic mass is 32.2. The molecule has 0 spiro atoms. The molecule has 2 heterocycles. The predicted molar refractivity (Wildman–Crippen MR) is 122 cm³/mol. The lowest BCUT2D eigenvalue weighted by Gasteiger charge is -2.19. The molecule has 6 nitrogen and oxygen atoms in total. The van der Waals surface area contributed by atoms with Gasteiger partial charge in [0.05, 0.1) is 0 Å². The van der Waals surface area contributed by atoms with Crippen LogP contribution in [0.5, 0.6) is 0 Å². The molecule has 0 N–H and O–H groups in total. The fourth-order valence-corrected chi connectivity index (χ4v) is 5.34. The molecule has 4 rings (SSSR count). The van der Waals surface area contributed by atoms with Crippen LogP contribution in [0.15, 0.2) is 60.0 Å². The first kappa shape index (κ1) is 21.6. The Balaban J connectivity index is 1.38. The lowest BCUT2D eigenvalue weighted by molar-refractivity contribution is 0.440. The van der Waals surface area contributed by atoms with Gasteiger partial charge in [-0.2, -0.15) is 8.68 Å². The maximum absolute atomic E-state index is 13.1. The summed E-state index contributed by atoms with van der Waals surface area (Å²) >= 11 is 1.31. The minimum Gasteiger partial charge on any atom is -0.345 e. The number of hydrogen-bond donors (Lipinski definition) is 0. The first-order chi connectivity index (χ1) is 15.0. The normalized spacial score (nSPS) is 16.0. The molecule has 0 radical (unpaired) electrons. The van der Waals surface area contributed by atoms with Crippen molar-refractivity contribution in [3.05, 3.63) is 82.8 Å². The molecule has 0 atom stereocenters. The maximum Gasteiger partial charge on any atom is 0.236 e. The summed E-state index contributed by atoms with van der Waals surface area (Å²) in [5.41, 5.74) is 1.80. The van der Waals surface area contributed by atoms with Gasteiger partial charge in [-0.05, 0) is 35.8 Å². The third kappa shape index (κ3) is 5.75. The molecule has 0 bridgehead atoms. The summed E-state index contributed by atoms with van der Waals surface area (Å²) in [6.07, 6.45) is 2.88. The molecule has 1 aliphatic rings. The summed E-state index contributed by atoms with van der Waals surface area (Å²) in [7, 11) is -3.49. The Morgan fingerprint density at radius 1 is 1.00 bits per heavy atom. The van der Waals surface area contributed by atoms with Gasteiger partial charge in [0, 0.05) is 49.5 Å². The average Bonchev–Trinajstić information content (AvgIpc) is 3.08. The highest BCUT2D eigenvalue weighted by molar-refractivity contribution is 7.92. The van der Waals surface area contributed by atoms with Crippen molar-refractivity contribution in [2.24, 2.45) is 0 Å². The van der Waals surface area contributed by atoms with Gasteiger partial charge in [0.2, 0.25) is 15.2 Å². The van der Waals surface area contributed by atoms with Crippen LogP contribution in [0, 0.1) is 5.82 Å². The van der Waals surface area contributed by atoms with Crippen molar-refractivity contribution < 1.29 is 12.8 Å². The van der Waals surface area contributed by atoms with Gasteiger partial charge < -0.3 is 4.90 Å². The predicted octanol–water partition coefficient (Wildman–Crippen LogP) is 3.78. The van der Waals surface area contributed by atoms with Gasteiger partial charge in [-0.25, -0.2) is 17.8 Å². The zero-order valence-corrected chi connectivity index (χ0v) is 18.5. The summed E-state index contributed by atoms with van der Waals surface area (Å²) in [4.78, 5) is 6.70. The zero-order chi connectivity index (χ0) is 21.7. The van der Waals surface area contributed by atoms with E-state index in [-0.39, 0.29) is 5.82 Å². The molecular weight excluding hydrogens is 435 g/mol. The van der Waals surface area contributed by atoms with Crippen LogP contribution in [0.3, 0.4) is 0 Å². The standard InChI is InChI=1S/C22H23FN4O2S2/c23-20-9-7-19(8-10-20)17-21-24-22(30-25-21)26-12-4-13-27(15-14-26)31(28,29)16-11-18-5-2-1-3-6-18/h1-3,5-11,16H,4,12-15,17H2/b16-11+. The zero-order valence-electron chi connectivity index (χ0n) is 16.9. The van der Waals surface area contributed by atoms with Crippen molar-refractivity contribution in [1.82, 2.24) is 13.7 Å². The summed E-state index contributed by atoms with van der Waals surface area (Å²) in [6.45, 7) is 2.15. The Labute approximate surface area is 185 Å². The van der Waals surface area contributed by atoms with E-state index < -0.39 is 10.0 Å². The number of aromatic nitrogens is 2. The molecule has 0 saturated carbocycles. The quantitative estimate of drug-likeness (QED) is 0.562. The number of nitrogens with zero attached hydrogens (tertiary/aromatic N) is 4. The maximum atomic E-state index is 13.1. The average molecular weight is 459 g/mol. The summed E-state index contributed by atoms with van der Waals surface area (Å²) in [5.74, 6) is 0.421. The lowest BCUT2D eigenvalue weighted by atomic mass is 10.1. The number of halogens is 1. The Kier molecular flexibility index (Phi) is 6.74. The number of sulfonamides is 1. The van der Waals surface area contributed by atoms with Crippen LogP contribution >= 0.6 is 11.5 Å². The minimum absolute atomic E-state index is 0.265. The second-order valence-corrected chi connectivity index (χ2v) is 9.84. The number of benzene rings is 2. The van der Waals surface area contributed by atoms with Crippen LogP contribution in [-0.4, -0.2) is 48.3 Å². The van der Waals surface area contributed by atoms with Crippen LogP contribution in [0.2, 0.25) is 0 Å². The molecule has 3 aromatic rings. The molecule has 0 unspecified atom stereocenters. The molecule has 0 amide bonds. The Bertz CT molecular complexity index is 1130. The van der Waals surface area contributed by atoms with Gasteiger partial charge in [0.25, 0.3) is 0 Å². The van der Waals surface area contributed by atoms with Crippen molar-refractivity contribution in [3.8, 4) is 0 Å². The second kappa shape index (κ2) is 9.67. The topological polar surface area (TPSA) is 66.4 Å². The third-order valence-electron chi connectivity index (χ3n) is 5.05. The smallest absolute Gasteiger partial charge is 0.236 e. The van der Waals surface area contributed by atoms with E-state index >= 15 is 0 Å². The van der Waals surface area contributed by atoms with Crippen molar-refractivity contribution in [2.45, 2.75) is 12.8 Å². The summed E-state index contributed by atoms with van der Waals surface area (Å²) < 4.78 is 44.5. The molecular formula is C22H23FN4O2S2. The fraction of sp³-hybridized carbons (Fsp3) is 0.273. The van der Waals surface area contributed by atoms with Crippen molar-refractivity contribution >= 4 is 32.8 Å². The van der Waals surface area contributed by atoms with E-state index in [1.54, 1.807) is 18.2 Å². The lowest BCUT2D eigenvalue weighted by Crippen LogP contribution is -2.34. The van der Waals surface area contributed by atoms with Gasteiger partial charge in [-0.15, -0.1) is 0 Å². The van der Waals surface area contributed by atoms with Crippen molar-refractivity contribution in [2.75, 3.05) is 31.1 Å². The van der Waals surface area contributed by atoms with Crippen LogP contribution in [0.4, 0.5) is 9.52 Å². The van der Waals surface area contributed by atoms with Gasteiger partial charge in [-0.3, -0.25) is 0 Å². The first-order valence-electron chi connectivity index (χ1n) is 10.0. The Hall–Kier alpha value is -2.62. The molecule has 1 aromatic heterocycles. The fourth-order valence-electron chi connectivity index (χ4n) is 3.38. The number of hydrogen-bond acceptors (Lipinski definition) is 6. The molecule has 0 aliphatic carbocycles. The SMILES string of the molecule is O=S(=O)(/C=C/c1ccccc1)N1CCCN(c2nc(Cc3ccc(F)cc3)ns2)CC1. The molecule has 2 aromatic carbocycles. The molecule has 1 fully saturated rings. The van der Waals surface area contributed by atoms with Gasteiger partial charge in [-0.1, -0.05) is 42.5 Å². The van der Waals surface area contributed by atoms with Crippen molar-refractivity contribution in [3.63, 3.8) is 0 Å². The van der Waals surface area contributed by atoms with Crippen LogP contribution in [0.1, 0.15) is 23.4 Å². The van der Waals surface area contributed by atoms with Crippen LogP contribution < -0.4 is 4.90 Å². The van der Waals surface area contributed by atoms with E-state index in [2.05, 4.69) is 14.3 Å². The number of anilines is 1. The van der Waals surface area contributed by atoms with E-state index in [0.29, 0.717) is 38.3 Å². The van der Waals surface area contributed by atoms with E-state index in [1.165, 1.54) is 33.4 Å². The van der Waals surface area contributed by atoms with E-state index in [4.69, 9.17) is 0 Å². The number of rotatable bonds is 6. The second-order valence-electron chi connectivity index (χ2n) is 7.29. The van der Waals surface area contributed by atoms with E-state index in [0.717, 1.165) is 22.8 Å². The van der Waals surface area contributed by atoms with Crippen LogP contribution in [0.25, 0.3) is 6.08 Å². The monoisotopic (exact) mass is 458 g/mol. The Morgan fingerprint density at radius 2 is 1.77 bits per heavy atom. The highest BCUT2D eigenvalue weighted by Crippen LogP contribution is 2.22. The van der Waals surface area contributed by atoms with E-state index in [1.807, 2.05) is 30.3 Å². The molecule has 9 heteroatoms. The third-order valence-corrected chi connectivity index (χ3v) is 7.43. The van der Waals surface area contributed by atoms with E-state index in [9.17, 15) is 12.8 Å². The summed E-state index contributed by atoms with van der Waals surface area (Å²) in [5, 5.41) is 2.07. The van der Waals surface area contributed by atoms with Crippen LogP contribution in [-0.2, 0) is 16.4 Å². The van der Waals surface area contributed by atoms with Gasteiger partial charge >= 0.3 is 0 Å². The van der Waals surface area contributed by atoms with Gasteiger partial charge in [0.1, 0.15) is 11.6 Å². The van der Waals surface area contributed by atoms with Gasteiger partial charge in [0.15, 0.2) is 0 Å². The first-order valence-corrected chi connectivity index (χ1v) is 12.3. The highest BCUT2D eigenvalue weighted by Gasteiger charge is 2.24. The molecule has 31 heavy (non-hydrogen) atoms. The molecule has 1 saturated heterocycles.